The highest BCUT2D eigenvalue weighted by molar-refractivity contribution is 5.93. The molecule has 0 spiro atoms. The van der Waals surface area contributed by atoms with Gasteiger partial charge in [-0.1, -0.05) is 12.0 Å². The van der Waals surface area contributed by atoms with Gasteiger partial charge >= 0.3 is 0 Å². The van der Waals surface area contributed by atoms with Crippen molar-refractivity contribution >= 4 is 11.4 Å². The third kappa shape index (κ3) is 5.23. The summed E-state index contributed by atoms with van der Waals surface area (Å²) >= 11 is 0. The SMILES string of the molecule is CC#CC(=O)N1CC[C@@H](c2nc(-c3ccc(Oc4cccc(OC)c4F)cc3)c3cncc(OC(C)C)n23)C1. The molecule has 1 aliphatic heterocycles. The first-order valence-corrected chi connectivity index (χ1v) is 12.7. The molecule has 0 bridgehead atoms. The van der Waals surface area contributed by atoms with Gasteiger partial charge in [0.15, 0.2) is 11.5 Å². The number of likely N-dealkylation sites (tertiary alicyclic amines) is 1. The van der Waals surface area contributed by atoms with E-state index in [9.17, 15) is 9.18 Å². The number of ether oxygens (including phenoxy) is 3. The number of hydrogen-bond acceptors (Lipinski definition) is 6. The minimum Gasteiger partial charge on any atom is -0.494 e. The fraction of sp³-hybridized carbons (Fsp3) is 0.300. The van der Waals surface area contributed by atoms with Gasteiger partial charge in [0.05, 0.1) is 36.8 Å². The zero-order valence-electron chi connectivity index (χ0n) is 22.3. The van der Waals surface area contributed by atoms with Crippen LogP contribution in [0.4, 0.5) is 4.39 Å². The lowest BCUT2D eigenvalue weighted by atomic mass is 10.1. The molecule has 200 valence electrons. The van der Waals surface area contributed by atoms with Gasteiger partial charge in [0.2, 0.25) is 11.7 Å². The van der Waals surface area contributed by atoms with Crippen molar-refractivity contribution in [3.8, 4) is 46.2 Å². The Labute approximate surface area is 226 Å². The molecule has 0 N–H and O–H groups in total. The number of rotatable bonds is 7. The largest absolute Gasteiger partial charge is 0.494 e. The lowest BCUT2D eigenvalue weighted by Crippen LogP contribution is -2.27. The summed E-state index contributed by atoms with van der Waals surface area (Å²) in [6.07, 6.45) is 4.14. The molecule has 2 aromatic heterocycles. The van der Waals surface area contributed by atoms with Crippen molar-refractivity contribution in [3.05, 3.63) is 66.5 Å². The number of methoxy groups -OCH3 is 1. The van der Waals surface area contributed by atoms with Gasteiger partial charge in [-0.3, -0.25) is 14.2 Å². The van der Waals surface area contributed by atoms with Gasteiger partial charge in [-0.15, -0.1) is 0 Å². The minimum absolute atomic E-state index is 0.00408. The number of benzene rings is 2. The number of imidazole rings is 1. The smallest absolute Gasteiger partial charge is 0.298 e. The average Bonchev–Trinajstić information content (AvgIpc) is 3.56. The van der Waals surface area contributed by atoms with Gasteiger partial charge < -0.3 is 19.1 Å². The summed E-state index contributed by atoms with van der Waals surface area (Å²) in [5.41, 5.74) is 2.35. The molecule has 1 fully saturated rings. The molecule has 0 unspecified atom stereocenters. The first-order valence-electron chi connectivity index (χ1n) is 12.7. The number of hydrogen-bond donors (Lipinski definition) is 0. The molecule has 5 rings (SSSR count). The van der Waals surface area contributed by atoms with Crippen LogP contribution in [0.25, 0.3) is 16.8 Å². The number of nitrogens with zero attached hydrogens (tertiary/aromatic N) is 4. The molecule has 1 amide bonds. The van der Waals surface area contributed by atoms with Crippen molar-refractivity contribution in [3.63, 3.8) is 0 Å². The Bertz CT molecular complexity index is 1570. The second-order valence-electron chi connectivity index (χ2n) is 9.46. The summed E-state index contributed by atoms with van der Waals surface area (Å²) in [5.74, 6) is 6.63. The molecule has 39 heavy (non-hydrogen) atoms. The van der Waals surface area contributed by atoms with E-state index in [1.807, 2.05) is 30.4 Å². The Balaban J connectivity index is 1.51. The zero-order valence-corrected chi connectivity index (χ0v) is 22.3. The Morgan fingerprint density at radius 3 is 2.62 bits per heavy atom. The van der Waals surface area contributed by atoms with Gasteiger partial charge in [-0.05, 0) is 69.5 Å². The van der Waals surface area contributed by atoms with E-state index in [1.54, 1.807) is 48.5 Å². The fourth-order valence-corrected chi connectivity index (χ4v) is 4.72. The maximum absolute atomic E-state index is 14.6. The molecule has 1 saturated heterocycles. The van der Waals surface area contributed by atoms with Crippen LogP contribution in [0.3, 0.4) is 0 Å². The zero-order chi connectivity index (χ0) is 27.5. The van der Waals surface area contributed by atoms with E-state index in [1.165, 1.54) is 13.2 Å². The summed E-state index contributed by atoms with van der Waals surface area (Å²) in [6, 6.07) is 12.0. The maximum Gasteiger partial charge on any atom is 0.298 e. The standard InChI is InChI=1S/C30H29FN4O4/c1-5-7-26(36)34-15-14-21(18-34)30-33-29(23-16-32-17-27(35(23)30)38-19(2)3)20-10-12-22(13-11-20)39-25-9-6-8-24(37-4)28(25)31/h6,8-13,16-17,19,21H,14-15,18H2,1-4H3/t21-/m1/s1. The van der Waals surface area contributed by atoms with E-state index in [-0.39, 0.29) is 29.4 Å². The number of aromatic nitrogens is 3. The number of halogens is 1. The third-order valence-corrected chi connectivity index (χ3v) is 6.47. The van der Waals surface area contributed by atoms with Crippen molar-refractivity contribution < 1.29 is 23.4 Å². The molecule has 3 heterocycles. The van der Waals surface area contributed by atoms with Gasteiger partial charge in [0, 0.05) is 24.6 Å². The summed E-state index contributed by atoms with van der Waals surface area (Å²) < 4.78 is 33.5. The molecule has 0 saturated carbocycles. The van der Waals surface area contributed by atoms with Crippen LogP contribution in [0.15, 0.2) is 54.9 Å². The highest BCUT2D eigenvalue weighted by Gasteiger charge is 2.31. The lowest BCUT2D eigenvalue weighted by molar-refractivity contribution is -0.124. The van der Waals surface area contributed by atoms with E-state index in [0.29, 0.717) is 24.7 Å². The van der Waals surface area contributed by atoms with E-state index < -0.39 is 5.82 Å². The van der Waals surface area contributed by atoms with Crippen molar-refractivity contribution in [2.75, 3.05) is 20.2 Å². The summed E-state index contributed by atoms with van der Waals surface area (Å²) in [7, 11) is 1.41. The van der Waals surface area contributed by atoms with Gasteiger partial charge in [0.25, 0.3) is 5.91 Å². The topological polar surface area (TPSA) is 78.2 Å². The molecule has 1 atom stereocenters. The molecule has 0 aliphatic carbocycles. The Morgan fingerprint density at radius 1 is 1.13 bits per heavy atom. The van der Waals surface area contributed by atoms with Crippen molar-refractivity contribution in [2.24, 2.45) is 0 Å². The molecule has 9 heteroatoms. The van der Waals surface area contributed by atoms with Crippen LogP contribution in [0, 0.1) is 17.7 Å². The van der Waals surface area contributed by atoms with Crippen LogP contribution in [0.2, 0.25) is 0 Å². The second kappa shape index (κ2) is 11.0. The molecular weight excluding hydrogens is 499 g/mol. The van der Waals surface area contributed by atoms with E-state index >= 15 is 0 Å². The molecule has 4 aromatic rings. The number of carbonyl (C=O) groups is 1. The van der Waals surface area contributed by atoms with E-state index in [4.69, 9.17) is 19.2 Å². The first-order chi connectivity index (χ1) is 18.9. The maximum atomic E-state index is 14.6. The van der Waals surface area contributed by atoms with Crippen LogP contribution in [0.5, 0.6) is 23.1 Å². The summed E-state index contributed by atoms with van der Waals surface area (Å²) in [5, 5.41) is 0. The third-order valence-electron chi connectivity index (χ3n) is 6.47. The monoisotopic (exact) mass is 528 g/mol. The normalized spacial score (nSPS) is 14.8. The fourth-order valence-electron chi connectivity index (χ4n) is 4.72. The Hall–Kier alpha value is -4.58. The lowest BCUT2D eigenvalue weighted by Gasteiger charge is -2.15. The Kier molecular flexibility index (Phi) is 7.37. The Morgan fingerprint density at radius 2 is 1.90 bits per heavy atom. The quantitative estimate of drug-likeness (QED) is 0.297. The highest BCUT2D eigenvalue weighted by atomic mass is 19.1. The van der Waals surface area contributed by atoms with Gasteiger partial charge in [-0.25, -0.2) is 4.98 Å². The van der Waals surface area contributed by atoms with E-state index in [2.05, 4.69) is 16.8 Å². The first kappa shape index (κ1) is 26.0. The molecule has 8 nitrogen and oxygen atoms in total. The van der Waals surface area contributed by atoms with Crippen LogP contribution in [0.1, 0.15) is 38.9 Å². The second-order valence-corrected chi connectivity index (χ2v) is 9.46. The number of fused-ring (bicyclic) bond motifs is 1. The number of amides is 1. The van der Waals surface area contributed by atoms with Gasteiger partial charge in [0.1, 0.15) is 11.6 Å². The van der Waals surface area contributed by atoms with Crippen molar-refractivity contribution in [1.82, 2.24) is 19.3 Å². The molecule has 1 aliphatic rings. The predicted octanol–water partition coefficient (Wildman–Crippen LogP) is 5.46. The summed E-state index contributed by atoms with van der Waals surface area (Å²) in [6.45, 7) is 6.71. The molecule has 2 aromatic carbocycles. The highest BCUT2D eigenvalue weighted by Crippen LogP contribution is 2.36. The van der Waals surface area contributed by atoms with Crippen LogP contribution < -0.4 is 14.2 Å². The van der Waals surface area contributed by atoms with Crippen LogP contribution >= 0.6 is 0 Å². The minimum atomic E-state index is -0.563. The molecule has 0 radical (unpaired) electrons. The van der Waals surface area contributed by atoms with Gasteiger partial charge in [-0.2, -0.15) is 4.39 Å². The van der Waals surface area contributed by atoms with E-state index in [0.717, 1.165) is 29.0 Å². The van der Waals surface area contributed by atoms with Crippen molar-refractivity contribution in [2.45, 2.75) is 39.2 Å². The summed E-state index contributed by atoms with van der Waals surface area (Å²) in [4.78, 5) is 23.6. The van der Waals surface area contributed by atoms with Crippen molar-refractivity contribution in [1.29, 1.82) is 0 Å². The number of carbonyl (C=O) groups excluding carboxylic acids is 1. The average molecular weight is 529 g/mol. The van der Waals surface area contributed by atoms with Crippen LogP contribution in [-0.4, -0.2) is 51.5 Å². The predicted molar refractivity (Wildman–Crippen MR) is 145 cm³/mol. The molecular formula is C30H29FN4O4. The van der Waals surface area contributed by atoms with Crippen LogP contribution in [-0.2, 0) is 4.79 Å².